The number of halogens is 2. The number of aromatic nitrogens is 2. The fraction of sp³-hybridized carbons (Fsp3) is 0.231. The molecule has 0 bridgehead atoms. The number of H-pyrrole nitrogens is 1. The van der Waals surface area contributed by atoms with Gasteiger partial charge in [-0.05, 0) is 18.6 Å². The fourth-order valence-corrected chi connectivity index (χ4v) is 1.82. The average Bonchev–Trinajstić information content (AvgIpc) is 2.32. The van der Waals surface area contributed by atoms with E-state index in [1.807, 2.05) is 6.92 Å². The topological polar surface area (TPSA) is 45.8 Å². The number of hydrogen-bond donors (Lipinski definition) is 1. The van der Waals surface area contributed by atoms with Gasteiger partial charge < -0.3 is 4.98 Å². The number of rotatable bonds is 3. The summed E-state index contributed by atoms with van der Waals surface area (Å²) in [5.74, 6) is -1.37. The van der Waals surface area contributed by atoms with Crippen molar-refractivity contribution in [2.24, 2.45) is 0 Å². The van der Waals surface area contributed by atoms with Crippen LogP contribution in [0.3, 0.4) is 0 Å². The molecule has 0 unspecified atom stereocenters. The highest BCUT2D eigenvalue weighted by atomic mass is 19.1. The summed E-state index contributed by atoms with van der Waals surface area (Å²) in [6, 6.07) is 3.23. The quantitative estimate of drug-likeness (QED) is 0.910. The molecule has 3 nitrogen and oxygen atoms in total. The maximum absolute atomic E-state index is 13.7. The third-order valence-corrected chi connectivity index (χ3v) is 2.64. The van der Waals surface area contributed by atoms with Crippen molar-refractivity contribution >= 4 is 0 Å². The highest BCUT2D eigenvalue weighted by Crippen LogP contribution is 2.23. The Hall–Kier alpha value is -2.04. The molecule has 1 N–H and O–H groups in total. The van der Waals surface area contributed by atoms with Gasteiger partial charge in [0.15, 0.2) is 0 Å². The summed E-state index contributed by atoms with van der Waals surface area (Å²) in [5, 5.41) is 0. The van der Waals surface area contributed by atoms with E-state index in [2.05, 4.69) is 9.97 Å². The van der Waals surface area contributed by atoms with Gasteiger partial charge in [0, 0.05) is 17.2 Å². The summed E-state index contributed by atoms with van der Waals surface area (Å²) in [4.78, 5) is 18.2. The average molecular weight is 250 g/mol. The minimum absolute atomic E-state index is 0.144. The van der Waals surface area contributed by atoms with Crippen molar-refractivity contribution in [2.45, 2.75) is 19.8 Å². The molecule has 0 saturated heterocycles. The van der Waals surface area contributed by atoms with Crippen LogP contribution < -0.4 is 5.56 Å². The molecule has 1 aromatic heterocycles. The summed E-state index contributed by atoms with van der Waals surface area (Å²) in [6.45, 7) is 1.91. The second kappa shape index (κ2) is 5.08. The lowest BCUT2D eigenvalue weighted by Crippen LogP contribution is -2.15. The van der Waals surface area contributed by atoms with Gasteiger partial charge in [-0.1, -0.05) is 13.3 Å². The third-order valence-electron chi connectivity index (χ3n) is 2.64. The molecule has 0 radical (unpaired) electrons. The van der Waals surface area contributed by atoms with E-state index in [0.29, 0.717) is 12.0 Å². The molecular formula is C13H12F2N2O. The van der Waals surface area contributed by atoms with Crippen molar-refractivity contribution in [2.75, 3.05) is 0 Å². The molecule has 0 aliphatic carbocycles. The van der Waals surface area contributed by atoms with Crippen LogP contribution in [-0.2, 0) is 6.42 Å². The fourth-order valence-electron chi connectivity index (χ4n) is 1.82. The van der Waals surface area contributed by atoms with Crippen LogP contribution in [-0.4, -0.2) is 9.97 Å². The van der Waals surface area contributed by atoms with Gasteiger partial charge in [0.1, 0.15) is 11.6 Å². The maximum Gasteiger partial charge on any atom is 0.254 e. The second-order valence-electron chi connectivity index (χ2n) is 3.93. The van der Waals surface area contributed by atoms with E-state index in [4.69, 9.17) is 0 Å². The van der Waals surface area contributed by atoms with Gasteiger partial charge in [-0.25, -0.2) is 13.8 Å². The van der Waals surface area contributed by atoms with E-state index in [-0.39, 0.29) is 16.8 Å². The van der Waals surface area contributed by atoms with Gasteiger partial charge in [-0.15, -0.1) is 0 Å². The van der Waals surface area contributed by atoms with Crippen LogP contribution in [0.15, 0.2) is 29.3 Å². The standard InChI is InChI=1S/C13H12F2N2O/c1-2-3-10-12(16-7-17-13(10)18)9-5-4-8(14)6-11(9)15/h4-7H,2-3H2,1H3,(H,16,17,18). The van der Waals surface area contributed by atoms with Crippen molar-refractivity contribution < 1.29 is 8.78 Å². The molecule has 0 amide bonds. The minimum atomic E-state index is -0.717. The summed E-state index contributed by atoms with van der Waals surface area (Å²) >= 11 is 0. The Morgan fingerprint density at radius 2 is 2.11 bits per heavy atom. The van der Waals surface area contributed by atoms with E-state index in [0.717, 1.165) is 18.6 Å². The van der Waals surface area contributed by atoms with Crippen molar-refractivity contribution in [1.82, 2.24) is 9.97 Å². The zero-order chi connectivity index (χ0) is 13.1. The third kappa shape index (κ3) is 2.30. The zero-order valence-electron chi connectivity index (χ0n) is 9.84. The summed E-state index contributed by atoms with van der Waals surface area (Å²) in [7, 11) is 0. The van der Waals surface area contributed by atoms with Crippen LogP contribution >= 0.6 is 0 Å². The van der Waals surface area contributed by atoms with Crippen molar-refractivity contribution in [3.8, 4) is 11.3 Å². The Morgan fingerprint density at radius 1 is 1.33 bits per heavy atom. The van der Waals surface area contributed by atoms with Gasteiger partial charge in [-0.3, -0.25) is 4.79 Å². The lowest BCUT2D eigenvalue weighted by Gasteiger charge is -2.07. The summed E-state index contributed by atoms with van der Waals surface area (Å²) in [6.07, 6.45) is 2.46. The van der Waals surface area contributed by atoms with Crippen LogP contribution in [0.25, 0.3) is 11.3 Å². The second-order valence-corrected chi connectivity index (χ2v) is 3.93. The molecule has 0 atom stereocenters. The summed E-state index contributed by atoms with van der Waals surface area (Å²) in [5.41, 5.74) is 0.556. The number of hydrogen-bond acceptors (Lipinski definition) is 2. The van der Waals surface area contributed by atoms with Gasteiger partial charge in [0.25, 0.3) is 5.56 Å². The lowest BCUT2D eigenvalue weighted by atomic mass is 10.0. The Kier molecular flexibility index (Phi) is 3.50. The Labute approximate surface area is 103 Å². The monoisotopic (exact) mass is 250 g/mol. The largest absolute Gasteiger partial charge is 0.313 e. The molecule has 0 saturated carbocycles. The van der Waals surface area contributed by atoms with E-state index < -0.39 is 11.6 Å². The van der Waals surface area contributed by atoms with Crippen LogP contribution in [0.1, 0.15) is 18.9 Å². The molecule has 1 aromatic carbocycles. The molecule has 0 aliphatic rings. The highest BCUT2D eigenvalue weighted by Gasteiger charge is 2.14. The van der Waals surface area contributed by atoms with E-state index in [9.17, 15) is 13.6 Å². The molecule has 5 heteroatoms. The predicted molar refractivity (Wildman–Crippen MR) is 64.2 cm³/mol. The van der Waals surface area contributed by atoms with Crippen LogP contribution in [0, 0.1) is 11.6 Å². The minimum Gasteiger partial charge on any atom is -0.313 e. The molecule has 0 aliphatic heterocycles. The zero-order valence-corrected chi connectivity index (χ0v) is 9.84. The number of aromatic amines is 1. The maximum atomic E-state index is 13.7. The van der Waals surface area contributed by atoms with E-state index in [1.54, 1.807) is 0 Å². The summed E-state index contributed by atoms with van der Waals surface area (Å²) < 4.78 is 26.6. The van der Waals surface area contributed by atoms with Crippen molar-refractivity contribution in [3.63, 3.8) is 0 Å². The molecule has 0 fully saturated rings. The van der Waals surface area contributed by atoms with Gasteiger partial charge in [-0.2, -0.15) is 0 Å². The van der Waals surface area contributed by atoms with E-state index in [1.165, 1.54) is 12.4 Å². The highest BCUT2D eigenvalue weighted by molar-refractivity contribution is 5.63. The van der Waals surface area contributed by atoms with Crippen molar-refractivity contribution in [1.29, 1.82) is 0 Å². The first-order valence-corrected chi connectivity index (χ1v) is 5.65. The number of nitrogens with zero attached hydrogens (tertiary/aromatic N) is 1. The molecule has 2 aromatic rings. The molecule has 94 valence electrons. The first-order valence-electron chi connectivity index (χ1n) is 5.65. The first-order chi connectivity index (χ1) is 8.63. The molecular weight excluding hydrogens is 238 g/mol. The Bertz CT molecular complexity index is 623. The number of nitrogens with one attached hydrogen (secondary N) is 1. The lowest BCUT2D eigenvalue weighted by molar-refractivity contribution is 0.585. The van der Waals surface area contributed by atoms with Gasteiger partial charge in [0.2, 0.25) is 0 Å². The predicted octanol–water partition coefficient (Wildman–Crippen LogP) is 2.67. The Morgan fingerprint density at radius 3 is 2.78 bits per heavy atom. The van der Waals surface area contributed by atoms with E-state index >= 15 is 0 Å². The molecule has 18 heavy (non-hydrogen) atoms. The van der Waals surface area contributed by atoms with Crippen LogP contribution in [0.4, 0.5) is 8.78 Å². The number of benzene rings is 1. The molecule has 2 rings (SSSR count). The SMILES string of the molecule is CCCc1c(-c2ccc(F)cc2F)nc[nH]c1=O. The molecule has 1 heterocycles. The van der Waals surface area contributed by atoms with Gasteiger partial charge >= 0.3 is 0 Å². The van der Waals surface area contributed by atoms with Crippen molar-refractivity contribution in [3.05, 3.63) is 52.1 Å². The van der Waals surface area contributed by atoms with Crippen LogP contribution in [0.5, 0.6) is 0 Å². The van der Waals surface area contributed by atoms with Gasteiger partial charge in [0.05, 0.1) is 12.0 Å². The van der Waals surface area contributed by atoms with Crippen LogP contribution in [0.2, 0.25) is 0 Å². The molecule has 0 spiro atoms. The smallest absolute Gasteiger partial charge is 0.254 e. The Balaban J connectivity index is 2.63. The first kappa shape index (κ1) is 12.4. The normalized spacial score (nSPS) is 10.6.